The number of nitrogens with two attached hydrogens (primary N) is 1. The predicted octanol–water partition coefficient (Wildman–Crippen LogP) is -0.905. The molecule has 0 fully saturated rings. The van der Waals surface area contributed by atoms with Crippen molar-refractivity contribution in [3.05, 3.63) is 24.3 Å². The van der Waals surface area contributed by atoms with Gasteiger partial charge in [-0.2, -0.15) is 0 Å². The van der Waals surface area contributed by atoms with E-state index in [1.807, 2.05) is 0 Å². The zero-order valence-electron chi connectivity index (χ0n) is 10.1. The quantitative estimate of drug-likeness (QED) is 0.292. The van der Waals surface area contributed by atoms with E-state index in [1.165, 1.54) is 19.3 Å². The van der Waals surface area contributed by atoms with Crippen molar-refractivity contribution < 1.29 is 34.5 Å². The van der Waals surface area contributed by atoms with Crippen LogP contribution in [0.4, 0.5) is 0 Å². The molecule has 0 aromatic carbocycles. The minimum atomic E-state index is -1.67. The Kier molecular flexibility index (Phi) is 6.62. The summed E-state index contributed by atoms with van der Waals surface area (Å²) in [4.78, 5) is 36.1. The van der Waals surface area contributed by atoms with E-state index in [0.717, 1.165) is 12.2 Å². The highest BCUT2D eigenvalue weighted by atomic mass is 16.6. The van der Waals surface area contributed by atoms with E-state index in [9.17, 15) is 14.4 Å². The SMILES string of the molecule is CON.O=C(O)C(=O)CC1(C(=O)O)C=CC(O)C=C1. The number of Topliss-reactive ketones (excluding diaryl/α,β-unsaturated/α-hetero) is 1. The third-order valence-corrected chi connectivity index (χ3v) is 2.27. The molecule has 19 heavy (non-hydrogen) atoms. The number of hydrogen-bond donors (Lipinski definition) is 4. The molecule has 0 aliphatic heterocycles. The van der Waals surface area contributed by atoms with Gasteiger partial charge in [0.25, 0.3) is 0 Å². The van der Waals surface area contributed by atoms with Crippen LogP contribution in [0.2, 0.25) is 0 Å². The molecule has 0 aromatic rings. The predicted molar refractivity (Wildman–Crippen MR) is 62.8 cm³/mol. The maximum Gasteiger partial charge on any atom is 0.372 e. The molecule has 5 N–H and O–H groups in total. The van der Waals surface area contributed by atoms with Gasteiger partial charge in [-0.1, -0.05) is 24.3 Å². The van der Waals surface area contributed by atoms with Crippen molar-refractivity contribution in [2.24, 2.45) is 11.3 Å². The summed E-state index contributed by atoms with van der Waals surface area (Å²) in [6.45, 7) is 0. The number of carbonyl (C=O) groups excluding carboxylic acids is 1. The van der Waals surface area contributed by atoms with Crippen LogP contribution in [-0.4, -0.2) is 46.3 Å². The Morgan fingerprint density at radius 3 is 2.00 bits per heavy atom. The first-order valence-corrected chi connectivity index (χ1v) is 5.08. The molecule has 0 heterocycles. The van der Waals surface area contributed by atoms with Crippen LogP contribution in [0.5, 0.6) is 0 Å². The smallest absolute Gasteiger partial charge is 0.372 e. The fraction of sp³-hybridized carbons (Fsp3) is 0.364. The molecule has 0 amide bonds. The lowest BCUT2D eigenvalue weighted by Crippen LogP contribution is -2.34. The molecular formula is C11H15NO7. The second kappa shape index (κ2) is 7.41. The van der Waals surface area contributed by atoms with Gasteiger partial charge >= 0.3 is 11.9 Å². The first-order chi connectivity index (χ1) is 8.79. The molecule has 1 rings (SSSR count). The van der Waals surface area contributed by atoms with Crippen LogP contribution in [0.1, 0.15) is 6.42 Å². The van der Waals surface area contributed by atoms with E-state index in [2.05, 4.69) is 10.7 Å². The van der Waals surface area contributed by atoms with Crippen LogP contribution < -0.4 is 5.90 Å². The number of rotatable bonds is 4. The Hall–Kier alpha value is -2.03. The number of hydrogen-bond acceptors (Lipinski definition) is 6. The van der Waals surface area contributed by atoms with Gasteiger partial charge in [-0.25, -0.2) is 10.7 Å². The average molecular weight is 273 g/mol. The van der Waals surface area contributed by atoms with Crippen molar-refractivity contribution in [1.82, 2.24) is 0 Å². The van der Waals surface area contributed by atoms with Gasteiger partial charge in [-0.3, -0.25) is 9.59 Å². The monoisotopic (exact) mass is 273 g/mol. The number of carbonyl (C=O) groups is 3. The Morgan fingerprint density at radius 1 is 1.26 bits per heavy atom. The molecule has 0 atom stereocenters. The second-order valence-electron chi connectivity index (χ2n) is 3.70. The molecule has 0 saturated carbocycles. The fourth-order valence-electron chi connectivity index (χ4n) is 1.34. The van der Waals surface area contributed by atoms with E-state index >= 15 is 0 Å². The molecule has 106 valence electrons. The average Bonchev–Trinajstić information content (AvgIpc) is 2.33. The first-order valence-electron chi connectivity index (χ1n) is 5.08. The van der Waals surface area contributed by atoms with Gasteiger partial charge < -0.3 is 20.2 Å². The van der Waals surface area contributed by atoms with Crippen LogP contribution in [0, 0.1) is 5.41 Å². The summed E-state index contributed by atoms with van der Waals surface area (Å²) in [5.41, 5.74) is -1.67. The molecule has 1 aliphatic rings. The van der Waals surface area contributed by atoms with Gasteiger partial charge in [0.15, 0.2) is 0 Å². The highest BCUT2D eigenvalue weighted by molar-refractivity contribution is 6.33. The molecule has 0 aromatic heterocycles. The number of ketones is 1. The van der Waals surface area contributed by atoms with Crippen LogP contribution in [0.25, 0.3) is 0 Å². The molecule has 0 unspecified atom stereocenters. The lowest BCUT2D eigenvalue weighted by Gasteiger charge is -2.24. The summed E-state index contributed by atoms with van der Waals surface area (Å²) >= 11 is 0. The normalized spacial score (nSPS) is 24.3. The molecule has 1 aliphatic carbocycles. The topological polar surface area (TPSA) is 147 Å². The largest absolute Gasteiger partial charge is 0.480 e. The number of carboxylic acid groups (broad SMARTS) is 2. The Balaban J connectivity index is 0.000000982. The van der Waals surface area contributed by atoms with E-state index in [-0.39, 0.29) is 0 Å². The van der Waals surface area contributed by atoms with Crippen LogP contribution >= 0.6 is 0 Å². The highest BCUT2D eigenvalue weighted by Gasteiger charge is 2.38. The van der Waals surface area contributed by atoms with Gasteiger partial charge in [-0.15, -0.1) is 0 Å². The van der Waals surface area contributed by atoms with Gasteiger partial charge in [0.05, 0.1) is 13.2 Å². The molecule has 0 radical (unpaired) electrons. The van der Waals surface area contributed by atoms with Crippen molar-refractivity contribution in [3.8, 4) is 0 Å². The number of aliphatic carboxylic acids is 2. The van der Waals surface area contributed by atoms with Crippen molar-refractivity contribution >= 4 is 17.7 Å². The van der Waals surface area contributed by atoms with Crippen LogP contribution in [-0.2, 0) is 19.2 Å². The maximum absolute atomic E-state index is 11.0. The van der Waals surface area contributed by atoms with E-state index < -0.39 is 35.7 Å². The van der Waals surface area contributed by atoms with Crippen molar-refractivity contribution in [1.29, 1.82) is 0 Å². The minimum Gasteiger partial charge on any atom is -0.480 e. The summed E-state index contributed by atoms with van der Waals surface area (Å²) in [5, 5.41) is 26.5. The maximum atomic E-state index is 11.0. The van der Waals surface area contributed by atoms with E-state index in [4.69, 9.17) is 15.3 Å². The summed E-state index contributed by atoms with van der Waals surface area (Å²) in [6, 6.07) is 0. The molecule has 0 spiro atoms. The zero-order chi connectivity index (χ0) is 15.1. The van der Waals surface area contributed by atoms with Gasteiger partial charge in [-0.05, 0) is 0 Å². The summed E-state index contributed by atoms with van der Waals surface area (Å²) in [6.07, 6.45) is 3.07. The number of aliphatic hydroxyl groups is 1. The fourth-order valence-corrected chi connectivity index (χ4v) is 1.34. The third kappa shape index (κ3) is 5.00. The van der Waals surface area contributed by atoms with Gasteiger partial charge in [0.2, 0.25) is 5.78 Å². The first kappa shape index (κ1) is 17.0. The van der Waals surface area contributed by atoms with Crippen LogP contribution in [0.3, 0.4) is 0 Å². The van der Waals surface area contributed by atoms with E-state index in [1.54, 1.807) is 0 Å². The standard InChI is InChI=1S/C10H10O6.CH5NO/c11-6-1-3-10(4-2-6,9(15)16)5-7(12)8(13)14;1-3-2/h1-4,6,11H,5H2,(H,13,14)(H,15,16);2H2,1H3. The Bertz CT molecular complexity index is 399. The van der Waals surface area contributed by atoms with Gasteiger partial charge in [0.1, 0.15) is 5.41 Å². The second-order valence-corrected chi connectivity index (χ2v) is 3.70. The third-order valence-electron chi connectivity index (χ3n) is 2.27. The summed E-state index contributed by atoms with van der Waals surface area (Å²) in [5.74, 6) is 0.156. The molecule has 0 saturated heterocycles. The Labute approximate surface area is 108 Å². The molecular weight excluding hydrogens is 258 g/mol. The minimum absolute atomic E-state index is 0.669. The summed E-state index contributed by atoms with van der Waals surface area (Å²) in [7, 11) is 1.40. The van der Waals surface area contributed by atoms with E-state index in [0.29, 0.717) is 0 Å². The van der Waals surface area contributed by atoms with Crippen LogP contribution in [0.15, 0.2) is 24.3 Å². The zero-order valence-corrected chi connectivity index (χ0v) is 10.1. The lowest BCUT2D eigenvalue weighted by atomic mass is 9.79. The summed E-state index contributed by atoms with van der Waals surface area (Å²) < 4.78 is 0. The Morgan fingerprint density at radius 2 is 1.68 bits per heavy atom. The molecule has 8 heteroatoms. The van der Waals surface area contributed by atoms with Crippen molar-refractivity contribution in [3.63, 3.8) is 0 Å². The number of aliphatic hydroxyl groups excluding tert-OH is 1. The molecule has 8 nitrogen and oxygen atoms in total. The molecule has 0 bridgehead atoms. The lowest BCUT2D eigenvalue weighted by molar-refractivity contribution is -0.152. The van der Waals surface area contributed by atoms with Crippen molar-refractivity contribution in [2.45, 2.75) is 12.5 Å². The van der Waals surface area contributed by atoms with Gasteiger partial charge in [0, 0.05) is 6.42 Å². The number of carboxylic acids is 2. The highest BCUT2D eigenvalue weighted by Crippen LogP contribution is 2.30. The van der Waals surface area contributed by atoms with Crippen molar-refractivity contribution in [2.75, 3.05) is 7.11 Å².